The lowest BCUT2D eigenvalue weighted by molar-refractivity contribution is -0.393. The maximum Gasteiger partial charge on any atom is 0.506 e. The summed E-state index contributed by atoms with van der Waals surface area (Å²) in [5.41, 5.74) is -0.430. The first kappa shape index (κ1) is 47.5. The Kier molecular flexibility index (Phi) is 33.9. The second kappa shape index (κ2) is 32.1. The zero-order valence-electron chi connectivity index (χ0n) is 30.9. The SMILES string of the molecule is CC(C)(C)OOC(C)(C)C.CC(C)OC(=O)O.CCCCCCCCCCCC(=O)OOC(=O)CCCCCCCCCCC. The average molecular weight is 649 g/mol. The van der Waals surface area contributed by atoms with E-state index in [1.807, 2.05) is 41.5 Å². The molecule has 0 aliphatic rings. The van der Waals surface area contributed by atoms with Crippen molar-refractivity contribution in [2.24, 2.45) is 0 Å². The normalized spacial score (nSPS) is 11.2. The van der Waals surface area contributed by atoms with E-state index >= 15 is 0 Å². The zero-order valence-corrected chi connectivity index (χ0v) is 30.9. The summed E-state index contributed by atoms with van der Waals surface area (Å²) in [7, 11) is 0. The van der Waals surface area contributed by atoms with Crippen LogP contribution in [0.5, 0.6) is 0 Å². The van der Waals surface area contributed by atoms with Crippen molar-refractivity contribution in [1.82, 2.24) is 0 Å². The molecule has 0 atom stereocenters. The van der Waals surface area contributed by atoms with Crippen LogP contribution in [0.2, 0.25) is 0 Å². The Morgan fingerprint density at radius 1 is 0.511 bits per heavy atom. The number of unbranched alkanes of at least 4 members (excludes halogenated alkanes) is 16. The van der Waals surface area contributed by atoms with Gasteiger partial charge in [0.2, 0.25) is 0 Å². The third kappa shape index (κ3) is 52.0. The summed E-state index contributed by atoms with van der Waals surface area (Å²) in [6.07, 6.45) is 20.9. The van der Waals surface area contributed by atoms with Crippen molar-refractivity contribution < 1.29 is 43.8 Å². The van der Waals surface area contributed by atoms with E-state index < -0.39 is 18.1 Å². The molecule has 9 nitrogen and oxygen atoms in total. The summed E-state index contributed by atoms with van der Waals surface area (Å²) >= 11 is 0. The molecule has 0 amide bonds. The minimum Gasteiger partial charge on any atom is -0.450 e. The van der Waals surface area contributed by atoms with Crippen molar-refractivity contribution in [3.8, 4) is 0 Å². The van der Waals surface area contributed by atoms with E-state index in [0.29, 0.717) is 12.8 Å². The van der Waals surface area contributed by atoms with E-state index in [1.165, 1.54) is 77.0 Å². The highest BCUT2D eigenvalue weighted by Crippen LogP contribution is 2.15. The van der Waals surface area contributed by atoms with Crippen LogP contribution in [0.1, 0.15) is 198 Å². The van der Waals surface area contributed by atoms with Gasteiger partial charge >= 0.3 is 18.1 Å². The van der Waals surface area contributed by atoms with Gasteiger partial charge in [0.1, 0.15) is 0 Å². The van der Waals surface area contributed by atoms with Gasteiger partial charge in [0, 0.05) is 0 Å². The van der Waals surface area contributed by atoms with Crippen molar-refractivity contribution in [1.29, 1.82) is 0 Å². The van der Waals surface area contributed by atoms with Crippen LogP contribution in [-0.4, -0.2) is 40.5 Å². The molecule has 0 aromatic rings. The lowest BCUT2D eigenvalue weighted by Crippen LogP contribution is -2.27. The average Bonchev–Trinajstić information content (AvgIpc) is 2.92. The molecule has 0 aliphatic carbocycles. The topological polar surface area (TPSA) is 118 Å². The van der Waals surface area contributed by atoms with E-state index in [2.05, 4.69) is 28.4 Å². The summed E-state index contributed by atoms with van der Waals surface area (Å²) in [5, 5.41) is 7.86. The van der Waals surface area contributed by atoms with Gasteiger partial charge in [-0.3, -0.25) is 0 Å². The van der Waals surface area contributed by atoms with E-state index in [-0.39, 0.29) is 17.3 Å². The zero-order chi connectivity index (χ0) is 35.0. The van der Waals surface area contributed by atoms with E-state index in [9.17, 15) is 14.4 Å². The highest BCUT2D eigenvalue weighted by molar-refractivity contribution is 5.72. The van der Waals surface area contributed by atoms with Gasteiger partial charge in [0.05, 0.1) is 30.1 Å². The molecule has 0 aromatic heterocycles. The number of hydrogen-bond donors (Lipinski definition) is 1. The first-order chi connectivity index (χ1) is 21.0. The van der Waals surface area contributed by atoms with E-state index in [0.717, 1.165) is 38.5 Å². The molecule has 0 aliphatic heterocycles. The summed E-state index contributed by atoms with van der Waals surface area (Å²) in [5.74, 6) is -0.855. The number of hydrogen-bond acceptors (Lipinski definition) is 8. The lowest BCUT2D eigenvalue weighted by atomic mass is 10.1. The molecule has 0 rings (SSSR count). The molecule has 0 aromatic carbocycles. The third-order valence-electron chi connectivity index (χ3n) is 6.07. The van der Waals surface area contributed by atoms with E-state index in [4.69, 9.17) is 14.9 Å². The fourth-order valence-corrected chi connectivity index (χ4v) is 3.79. The minimum atomic E-state index is -1.21. The smallest absolute Gasteiger partial charge is 0.450 e. The molecule has 1 N–H and O–H groups in total. The highest BCUT2D eigenvalue weighted by Gasteiger charge is 2.18. The molecule has 0 saturated carbocycles. The second-order valence-corrected chi connectivity index (χ2v) is 13.9. The fourth-order valence-electron chi connectivity index (χ4n) is 3.79. The second-order valence-electron chi connectivity index (χ2n) is 13.9. The van der Waals surface area contributed by atoms with Crippen LogP contribution in [0.15, 0.2) is 0 Å². The van der Waals surface area contributed by atoms with Gasteiger partial charge in [-0.2, -0.15) is 0 Å². The van der Waals surface area contributed by atoms with Gasteiger partial charge in [0.15, 0.2) is 0 Å². The Bertz CT molecular complexity index is 631. The predicted octanol–water partition coefficient (Wildman–Crippen LogP) is 11.5. The Morgan fingerprint density at radius 2 is 0.778 bits per heavy atom. The van der Waals surface area contributed by atoms with Gasteiger partial charge in [-0.25, -0.2) is 33.9 Å². The number of rotatable bonds is 22. The standard InChI is InChI=1S/C24H46O4.C8H18O2.C4H8O3/c1-3-5-7-9-11-13-15-17-19-21-23(25)27-28-24(26)22-20-18-16-14-12-10-8-6-4-2;1-7(2,3)9-10-8(4,5)6;1-3(2)7-4(5)6/h3-22H2,1-2H3;1-6H3;3H,1-2H3,(H,5,6). The molecule has 9 heteroatoms. The summed E-state index contributed by atoms with van der Waals surface area (Å²) in [6.45, 7) is 19.5. The van der Waals surface area contributed by atoms with Crippen LogP contribution in [0, 0.1) is 0 Å². The monoisotopic (exact) mass is 649 g/mol. The van der Waals surface area contributed by atoms with Crippen molar-refractivity contribution >= 4 is 18.1 Å². The number of carbonyl (C=O) groups is 3. The quantitative estimate of drug-likeness (QED) is 0.0529. The molecule has 0 radical (unpaired) electrons. The first-order valence-electron chi connectivity index (χ1n) is 17.7. The minimum absolute atomic E-state index is 0.215. The Balaban J connectivity index is -0.000000841. The predicted molar refractivity (Wildman–Crippen MR) is 182 cm³/mol. The highest BCUT2D eigenvalue weighted by atomic mass is 17.2. The van der Waals surface area contributed by atoms with Gasteiger partial charge in [-0.05, 0) is 68.2 Å². The Morgan fingerprint density at radius 3 is 0.978 bits per heavy atom. The molecule has 270 valence electrons. The van der Waals surface area contributed by atoms with Gasteiger partial charge < -0.3 is 9.84 Å². The molecular formula is C36H72O9. The van der Waals surface area contributed by atoms with Crippen LogP contribution < -0.4 is 0 Å². The van der Waals surface area contributed by atoms with Crippen LogP contribution in [0.3, 0.4) is 0 Å². The molecule has 0 fully saturated rings. The molecular weight excluding hydrogens is 576 g/mol. The maximum absolute atomic E-state index is 11.6. The number of ether oxygens (including phenoxy) is 1. The van der Waals surface area contributed by atoms with Gasteiger partial charge in [-0.15, -0.1) is 0 Å². The molecule has 0 heterocycles. The molecule has 45 heavy (non-hydrogen) atoms. The van der Waals surface area contributed by atoms with Gasteiger partial charge in [-0.1, -0.05) is 117 Å². The van der Waals surface area contributed by atoms with Crippen molar-refractivity contribution in [2.75, 3.05) is 0 Å². The fraction of sp³-hybridized carbons (Fsp3) is 0.917. The lowest BCUT2D eigenvalue weighted by Gasteiger charge is -2.24. The Hall–Kier alpha value is -1.87. The van der Waals surface area contributed by atoms with Gasteiger partial charge in [0.25, 0.3) is 0 Å². The number of carbonyl (C=O) groups excluding carboxylic acids is 2. The molecule has 0 saturated heterocycles. The number of carboxylic acid groups (broad SMARTS) is 1. The van der Waals surface area contributed by atoms with Crippen LogP contribution >= 0.6 is 0 Å². The van der Waals surface area contributed by atoms with Crippen molar-refractivity contribution in [2.45, 2.75) is 215 Å². The maximum atomic E-state index is 11.6. The summed E-state index contributed by atoms with van der Waals surface area (Å²) < 4.78 is 4.17. The van der Waals surface area contributed by atoms with Crippen LogP contribution in [0.25, 0.3) is 0 Å². The van der Waals surface area contributed by atoms with Crippen molar-refractivity contribution in [3.63, 3.8) is 0 Å². The Labute approximate surface area is 276 Å². The molecule has 0 bridgehead atoms. The first-order valence-corrected chi connectivity index (χ1v) is 17.7. The van der Waals surface area contributed by atoms with E-state index in [1.54, 1.807) is 13.8 Å². The van der Waals surface area contributed by atoms with Crippen molar-refractivity contribution in [3.05, 3.63) is 0 Å². The summed E-state index contributed by atoms with van der Waals surface area (Å²) in [4.78, 5) is 52.2. The largest absolute Gasteiger partial charge is 0.506 e. The van der Waals surface area contributed by atoms with Crippen LogP contribution in [-0.2, 0) is 33.9 Å². The van der Waals surface area contributed by atoms with Crippen LogP contribution in [0.4, 0.5) is 4.79 Å². The molecule has 0 spiro atoms. The summed E-state index contributed by atoms with van der Waals surface area (Å²) in [6, 6.07) is 0. The molecule has 0 unspecified atom stereocenters. The third-order valence-corrected chi connectivity index (χ3v) is 6.07.